The summed E-state index contributed by atoms with van der Waals surface area (Å²) in [5.41, 5.74) is 1.44. The molecule has 0 unspecified atom stereocenters. The lowest BCUT2D eigenvalue weighted by atomic mass is 9.98. The number of nitrogens with zero attached hydrogens (tertiary/aromatic N) is 3. The number of likely N-dealkylation sites (tertiary alicyclic amines) is 1. The monoisotopic (exact) mass is 381 g/mol. The van der Waals surface area contributed by atoms with Gasteiger partial charge in [0, 0.05) is 13.1 Å². The van der Waals surface area contributed by atoms with Crippen molar-refractivity contribution < 1.29 is 18.4 Å². The number of hydrogen-bond donors (Lipinski definition) is 0. The summed E-state index contributed by atoms with van der Waals surface area (Å²) in [7, 11) is 0. The van der Waals surface area contributed by atoms with Crippen LogP contribution in [0.3, 0.4) is 0 Å². The van der Waals surface area contributed by atoms with E-state index in [4.69, 9.17) is 9.26 Å². The Bertz CT molecular complexity index is 982. The van der Waals surface area contributed by atoms with Crippen molar-refractivity contribution in [2.75, 3.05) is 13.1 Å². The van der Waals surface area contributed by atoms with Crippen LogP contribution in [0.15, 0.2) is 53.1 Å². The van der Waals surface area contributed by atoms with E-state index in [1.165, 1.54) is 6.07 Å². The molecule has 144 valence electrons. The molecule has 0 spiro atoms. The highest BCUT2D eigenvalue weighted by molar-refractivity contribution is 5.79. The topological polar surface area (TPSA) is 68.5 Å². The number of benzene rings is 2. The maximum absolute atomic E-state index is 13.7. The number of ether oxygens (including phenoxy) is 1. The van der Waals surface area contributed by atoms with Crippen molar-refractivity contribution in [3.05, 3.63) is 77.2 Å². The number of hydrogen-bond acceptors (Lipinski definition) is 5. The fourth-order valence-electron chi connectivity index (χ4n) is 3.11. The Kier molecular flexibility index (Phi) is 5.06. The standard InChI is InChI=1S/C21H20FN3O3/c1-14-6-2-5-9-18(14)27-13-19-23-21(24-28-19)16-11-25(12-16)20(26)10-15-7-3-4-8-17(15)22/h2-9,16H,10-13H2,1H3. The smallest absolute Gasteiger partial charge is 0.264 e. The van der Waals surface area contributed by atoms with E-state index in [1.54, 1.807) is 23.1 Å². The molecule has 0 bridgehead atoms. The van der Waals surface area contributed by atoms with Crippen LogP contribution in [0.1, 0.15) is 28.8 Å². The van der Waals surface area contributed by atoms with Gasteiger partial charge in [-0.2, -0.15) is 4.98 Å². The van der Waals surface area contributed by atoms with E-state index in [9.17, 15) is 9.18 Å². The third kappa shape index (κ3) is 3.88. The molecule has 0 N–H and O–H groups in total. The summed E-state index contributed by atoms with van der Waals surface area (Å²) in [4.78, 5) is 18.3. The molecule has 0 saturated carbocycles. The maximum atomic E-state index is 13.7. The van der Waals surface area contributed by atoms with Gasteiger partial charge in [-0.25, -0.2) is 4.39 Å². The first-order valence-corrected chi connectivity index (χ1v) is 9.12. The summed E-state index contributed by atoms with van der Waals surface area (Å²) in [6.07, 6.45) is 0.0567. The molecule has 7 heteroatoms. The molecular weight excluding hydrogens is 361 g/mol. The van der Waals surface area contributed by atoms with Crippen LogP contribution < -0.4 is 4.74 Å². The first-order valence-electron chi connectivity index (χ1n) is 9.12. The highest BCUT2D eigenvalue weighted by Crippen LogP contribution is 2.26. The van der Waals surface area contributed by atoms with E-state index < -0.39 is 0 Å². The number of rotatable bonds is 6. The van der Waals surface area contributed by atoms with Crippen LogP contribution in [-0.4, -0.2) is 34.0 Å². The zero-order valence-corrected chi connectivity index (χ0v) is 15.5. The third-order valence-corrected chi connectivity index (χ3v) is 4.83. The zero-order chi connectivity index (χ0) is 19.5. The minimum absolute atomic E-state index is 0.0283. The Morgan fingerprint density at radius 1 is 1.21 bits per heavy atom. The zero-order valence-electron chi connectivity index (χ0n) is 15.5. The molecule has 1 amide bonds. The highest BCUT2D eigenvalue weighted by atomic mass is 19.1. The fraction of sp³-hybridized carbons (Fsp3) is 0.286. The second-order valence-electron chi connectivity index (χ2n) is 6.86. The molecule has 2 heterocycles. The number of carbonyl (C=O) groups is 1. The van der Waals surface area contributed by atoms with Gasteiger partial charge in [0.2, 0.25) is 5.91 Å². The van der Waals surface area contributed by atoms with Crippen LogP contribution in [0.25, 0.3) is 0 Å². The van der Waals surface area contributed by atoms with Crippen molar-refractivity contribution >= 4 is 5.91 Å². The van der Waals surface area contributed by atoms with E-state index >= 15 is 0 Å². The van der Waals surface area contributed by atoms with Crippen LogP contribution >= 0.6 is 0 Å². The third-order valence-electron chi connectivity index (χ3n) is 4.83. The number of amides is 1. The molecule has 1 aliphatic rings. The number of aryl methyl sites for hydroxylation is 1. The number of para-hydroxylation sites is 1. The second kappa shape index (κ2) is 7.80. The lowest BCUT2D eigenvalue weighted by molar-refractivity contribution is -0.135. The van der Waals surface area contributed by atoms with Gasteiger partial charge < -0.3 is 14.2 Å². The molecule has 0 radical (unpaired) electrons. The van der Waals surface area contributed by atoms with Gasteiger partial charge in [-0.15, -0.1) is 0 Å². The summed E-state index contributed by atoms with van der Waals surface area (Å²) in [5.74, 6) is 1.31. The Hall–Kier alpha value is -3.22. The lowest BCUT2D eigenvalue weighted by Gasteiger charge is -2.37. The Balaban J connectivity index is 1.29. The van der Waals surface area contributed by atoms with Crippen molar-refractivity contribution in [3.8, 4) is 5.75 Å². The van der Waals surface area contributed by atoms with Crippen molar-refractivity contribution in [1.82, 2.24) is 15.0 Å². The first kappa shape index (κ1) is 18.2. The molecule has 1 aromatic heterocycles. The van der Waals surface area contributed by atoms with Crippen molar-refractivity contribution in [3.63, 3.8) is 0 Å². The maximum Gasteiger partial charge on any atom is 0.264 e. The van der Waals surface area contributed by atoms with Gasteiger partial charge in [0.15, 0.2) is 12.4 Å². The second-order valence-corrected chi connectivity index (χ2v) is 6.86. The molecule has 3 aromatic rings. The largest absolute Gasteiger partial charge is 0.483 e. The molecule has 0 atom stereocenters. The molecule has 2 aromatic carbocycles. The Labute approximate surface area is 161 Å². The van der Waals surface area contributed by atoms with Crippen LogP contribution in [0.5, 0.6) is 5.75 Å². The van der Waals surface area contributed by atoms with E-state index in [0.717, 1.165) is 11.3 Å². The summed E-state index contributed by atoms with van der Waals surface area (Å²) in [6, 6.07) is 14.0. The van der Waals surface area contributed by atoms with Crippen molar-refractivity contribution in [2.45, 2.75) is 25.9 Å². The summed E-state index contributed by atoms with van der Waals surface area (Å²) >= 11 is 0. The minimum Gasteiger partial charge on any atom is -0.483 e. The van der Waals surface area contributed by atoms with Crippen LogP contribution in [0, 0.1) is 12.7 Å². The fourth-order valence-corrected chi connectivity index (χ4v) is 3.11. The quantitative estimate of drug-likeness (QED) is 0.656. The average molecular weight is 381 g/mol. The van der Waals surface area contributed by atoms with Gasteiger partial charge in [-0.1, -0.05) is 41.6 Å². The summed E-state index contributed by atoms with van der Waals surface area (Å²) in [5, 5.41) is 4.00. The summed E-state index contributed by atoms with van der Waals surface area (Å²) in [6.45, 7) is 3.17. The molecule has 28 heavy (non-hydrogen) atoms. The number of aromatic nitrogens is 2. The molecule has 1 aliphatic heterocycles. The SMILES string of the molecule is Cc1ccccc1OCc1nc(C2CN(C(=O)Cc3ccccc3F)C2)no1. The van der Waals surface area contributed by atoms with Crippen LogP contribution in [0.4, 0.5) is 4.39 Å². The Morgan fingerprint density at radius 2 is 1.96 bits per heavy atom. The highest BCUT2D eigenvalue weighted by Gasteiger charge is 2.35. The van der Waals surface area contributed by atoms with E-state index in [0.29, 0.717) is 30.4 Å². The van der Waals surface area contributed by atoms with E-state index in [-0.39, 0.29) is 30.7 Å². The molecule has 0 aliphatic carbocycles. The molecule has 1 fully saturated rings. The normalized spacial score (nSPS) is 14.0. The number of halogens is 1. The van der Waals surface area contributed by atoms with Gasteiger partial charge in [-0.05, 0) is 30.2 Å². The summed E-state index contributed by atoms with van der Waals surface area (Å²) < 4.78 is 24.6. The predicted molar refractivity (Wildman–Crippen MR) is 99.2 cm³/mol. The predicted octanol–water partition coefficient (Wildman–Crippen LogP) is 3.26. The van der Waals surface area contributed by atoms with Gasteiger partial charge >= 0.3 is 0 Å². The van der Waals surface area contributed by atoms with Gasteiger partial charge in [0.1, 0.15) is 11.6 Å². The Morgan fingerprint density at radius 3 is 2.75 bits per heavy atom. The van der Waals surface area contributed by atoms with Gasteiger partial charge in [0.05, 0.1) is 12.3 Å². The van der Waals surface area contributed by atoms with Crippen molar-refractivity contribution in [1.29, 1.82) is 0 Å². The van der Waals surface area contributed by atoms with Crippen LogP contribution in [0.2, 0.25) is 0 Å². The first-order chi connectivity index (χ1) is 13.6. The van der Waals surface area contributed by atoms with E-state index in [1.807, 2.05) is 31.2 Å². The lowest BCUT2D eigenvalue weighted by Crippen LogP contribution is -2.49. The molecular formula is C21H20FN3O3. The molecule has 4 rings (SSSR count). The van der Waals surface area contributed by atoms with Crippen molar-refractivity contribution in [2.24, 2.45) is 0 Å². The van der Waals surface area contributed by atoms with Gasteiger partial charge in [0.25, 0.3) is 5.89 Å². The molecule has 1 saturated heterocycles. The van der Waals surface area contributed by atoms with Gasteiger partial charge in [-0.3, -0.25) is 4.79 Å². The minimum atomic E-state index is -0.357. The number of carbonyl (C=O) groups excluding carboxylic acids is 1. The average Bonchev–Trinajstić information content (AvgIpc) is 3.10. The van der Waals surface area contributed by atoms with E-state index in [2.05, 4.69) is 10.1 Å². The van der Waals surface area contributed by atoms with Crippen LogP contribution in [-0.2, 0) is 17.8 Å². The molecule has 6 nitrogen and oxygen atoms in total.